The van der Waals surface area contributed by atoms with Crippen LogP contribution in [0.2, 0.25) is 10.0 Å². The number of carbonyl (C=O) groups is 1. The van der Waals surface area contributed by atoms with Crippen molar-refractivity contribution < 1.29 is 9.72 Å². The number of benzene rings is 1. The Morgan fingerprint density at radius 3 is 2.72 bits per heavy atom. The number of hydrogen-bond donors (Lipinski definition) is 2. The molecule has 25 heavy (non-hydrogen) atoms. The summed E-state index contributed by atoms with van der Waals surface area (Å²) in [6.07, 6.45) is 2.59. The maximum Gasteiger partial charge on any atom is 0.271 e. The van der Waals surface area contributed by atoms with Crippen LogP contribution in [0.25, 0.3) is 0 Å². The van der Waals surface area contributed by atoms with E-state index >= 15 is 0 Å². The van der Waals surface area contributed by atoms with Gasteiger partial charge in [0, 0.05) is 29.6 Å². The fourth-order valence-corrected chi connectivity index (χ4v) is 2.02. The largest absolute Gasteiger partial charge is 0.345 e. The molecule has 8 nitrogen and oxygen atoms in total. The zero-order valence-electron chi connectivity index (χ0n) is 12.4. The third-order valence-corrected chi connectivity index (χ3v) is 3.43. The average Bonchev–Trinajstić information content (AvgIpc) is 2.57. The van der Waals surface area contributed by atoms with Gasteiger partial charge >= 0.3 is 0 Å². The van der Waals surface area contributed by atoms with Crippen molar-refractivity contribution in [3.05, 3.63) is 68.5 Å². The second-order valence-electron chi connectivity index (χ2n) is 4.55. The lowest BCUT2D eigenvalue weighted by Gasteiger charge is -2.07. The summed E-state index contributed by atoms with van der Waals surface area (Å²) in [6.45, 7) is 0. The molecule has 0 spiro atoms. The van der Waals surface area contributed by atoms with Crippen molar-refractivity contribution >= 4 is 46.3 Å². The summed E-state index contributed by atoms with van der Waals surface area (Å²) in [4.78, 5) is 26.3. The number of halogens is 2. The number of amides is 1. The molecule has 0 radical (unpaired) electrons. The number of nitrogens with one attached hydrogen (secondary N) is 2. The number of rotatable bonds is 5. The minimum absolute atomic E-state index is 0.0166. The van der Waals surface area contributed by atoms with Gasteiger partial charge in [0.05, 0.1) is 15.6 Å². The van der Waals surface area contributed by atoms with Gasteiger partial charge in [0.1, 0.15) is 17.5 Å². The van der Waals surface area contributed by atoms with Crippen LogP contribution in [-0.4, -0.2) is 15.8 Å². The minimum Gasteiger partial charge on any atom is -0.345 e. The molecule has 0 saturated carbocycles. The normalized spacial score (nSPS) is 10.7. The van der Waals surface area contributed by atoms with Crippen LogP contribution < -0.4 is 10.6 Å². The number of nitro benzene ring substituents is 1. The first kappa shape index (κ1) is 18.2. The van der Waals surface area contributed by atoms with E-state index in [1.807, 2.05) is 0 Å². The summed E-state index contributed by atoms with van der Waals surface area (Å²) in [5, 5.41) is 25.4. The summed E-state index contributed by atoms with van der Waals surface area (Å²) >= 11 is 11.7. The fourth-order valence-electron chi connectivity index (χ4n) is 1.69. The van der Waals surface area contributed by atoms with Gasteiger partial charge in [-0.1, -0.05) is 23.2 Å². The van der Waals surface area contributed by atoms with Crippen molar-refractivity contribution in [1.82, 2.24) is 4.98 Å². The van der Waals surface area contributed by atoms with Gasteiger partial charge in [-0.25, -0.2) is 4.98 Å². The number of nitro groups is 1. The van der Waals surface area contributed by atoms with E-state index in [-0.39, 0.29) is 22.0 Å². The molecule has 2 aromatic rings. The summed E-state index contributed by atoms with van der Waals surface area (Å²) in [7, 11) is 0. The van der Waals surface area contributed by atoms with E-state index in [1.165, 1.54) is 24.4 Å². The smallest absolute Gasteiger partial charge is 0.271 e. The van der Waals surface area contributed by atoms with Crippen molar-refractivity contribution in [2.45, 2.75) is 0 Å². The zero-order valence-corrected chi connectivity index (χ0v) is 13.9. The van der Waals surface area contributed by atoms with Crippen LogP contribution in [0.5, 0.6) is 0 Å². The van der Waals surface area contributed by atoms with Crippen molar-refractivity contribution in [1.29, 1.82) is 5.26 Å². The molecule has 1 amide bonds. The van der Waals surface area contributed by atoms with E-state index in [2.05, 4.69) is 15.6 Å². The number of anilines is 2. The highest BCUT2D eigenvalue weighted by Crippen LogP contribution is 2.27. The fraction of sp³-hybridized carbons (Fsp3) is 0. The van der Waals surface area contributed by atoms with E-state index in [0.717, 1.165) is 12.3 Å². The Labute approximate surface area is 151 Å². The molecular weight excluding hydrogens is 369 g/mol. The number of non-ortho nitro benzene ring substituents is 1. The molecule has 2 rings (SSSR count). The number of aromatic nitrogens is 1. The van der Waals surface area contributed by atoms with E-state index < -0.39 is 10.8 Å². The first-order valence-electron chi connectivity index (χ1n) is 6.64. The van der Waals surface area contributed by atoms with Crippen LogP contribution in [0, 0.1) is 21.4 Å². The lowest BCUT2D eigenvalue weighted by atomic mass is 10.2. The molecule has 2 N–H and O–H groups in total. The Balaban J connectivity index is 2.18. The van der Waals surface area contributed by atoms with Gasteiger partial charge in [-0.2, -0.15) is 5.26 Å². The Hall–Kier alpha value is -3.15. The van der Waals surface area contributed by atoms with Gasteiger partial charge < -0.3 is 10.6 Å². The quantitative estimate of drug-likeness (QED) is 0.354. The van der Waals surface area contributed by atoms with Crippen LogP contribution in [0.3, 0.4) is 0 Å². The molecule has 1 aromatic carbocycles. The average molecular weight is 378 g/mol. The van der Waals surface area contributed by atoms with Crippen LogP contribution in [0.1, 0.15) is 0 Å². The van der Waals surface area contributed by atoms with E-state index in [1.54, 1.807) is 12.1 Å². The van der Waals surface area contributed by atoms with Gasteiger partial charge in [-0.3, -0.25) is 14.9 Å². The molecule has 1 heterocycles. The molecule has 0 saturated heterocycles. The van der Waals surface area contributed by atoms with Gasteiger partial charge in [0.15, 0.2) is 0 Å². The number of nitriles is 1. The van der Waals surface area contributed by atoms with Crippen LogP contribution >= 0.6 is 23.2 Å². The molecule has 0 unspecified atom stereocenters. The number of hydrogen-bond acceptors (Lipinski definition) is 6. The maximum absolute atomic E-state index is 12.1. The summed E-state index contributed by atoms with van der Waals surface area (Å²) in [6, 6.07) is 8.36. The Bertz CT molecular complexity index is 908. The third-order valence-electron chi connectivity index (χ3n) is 2.86. The van der Waals surface area contributed by atoms with Crippen molar-refractivity contribution in [3.8, 4) is 6.07 Å². The summed E-state index contributed by atoms with van der Waals surface area (Å²) in [5.41, 5.74) is -0.518. The lowest BCUT2D eigenvalue weighted by molar-refractivity contribution is -0.384. The second-order valence-corrected chi connectivity index (χ2v) is 5.39. The molecule has 10 heteroatoms. The van der Waals surface area contributed by atoms with Gasteiger partial charge in [-0.15, -0.1) is 0 Å². The molecule has 0 aliphatic heterocycles. The maximum atomic E-state index is 12.1. The molecule has 0 fully saturated rings. The predicted molar refractivity (Wildman–Crippen MR) is 93.3 cm³/mol. The summed E-state index contributed by atoms with van der Waals surface area (Å²) in [5.74, 6) is -0.458. The van der Waals surface area contributed by atoms with Crippen molar-refractivity contribution in [2.24, 2.45) is 0 Å². The third kappa shape index (κ3) is 4.91. The molecule has 0 bridgehead atoms. The van der Waals surface area contributed by atoms with Crippen molar-refractivity contribution in [2.75, 3.05) is 10.6 Å². The van der Waals surface area contributed by atoms with Crippen LogP contribution in [0.15, 0.2) is 48.3 Å². The topological polar surface area (TPSA) is 121 Å². The minimum atomic E-state index is -0.792. The Morgan fingerprint density at radius 1 is 1.32 bits per heavy atom. The van der Waals surface area contributed by atoms with E-state index in [4.69, 9.17) is 28.5 Å². The Morgan fingerprint density at radius 2 is 2.08 bits per heavy atom. The molecule has 0 aliphatic carbocycles. The van der Waals surface area contributed by atoms with Gasteiger partial charge in [0.25, 0.3) is 11.6 Å². The lowest BCUT2D eigenvalue weighted by Crippen LogP contribution is -2.15. The first-order valence-corrected chi connectivity index (χ1v) is 7.40. The standard InChI is InChI=1S/C15H9Cl2N5O3/c16-10-3-4-19-14(5-10)20-8-9(7-18)15(23)21-13-6-11(22(24)25)1-2-12(13)17/h1-6,8H,(H,19,20)(H,21,23)/b9-8-. The van der Waals surface area contributed by atoms with Gasteiger partial charge in [0.2, 0.25) is 0 Å². The summed E-state index contributed by atoms with van der Waals surface area (Å²) < 4.78 is 0. The van der Waals surface area contributed by atoms with Crippen molar-refractivity contribution in [3.63, 3.8) is 0 Å². The number of carbonyl (C=O) groups excluding carboxylic acids is 1. The number of pyridine rings is 1. The molecule has 0 aliphatic rings. The van der Waals surface area contributed by atoms with E-state index in [9.17, 15) is 14.9 Å². The highest BCUT2D eigenvalue weighted by molar-refractivity contribution is 6.34. The zero-order chi connectivity index (χ0) is 18.4. The van der Waals surface area contributed by atoms with Gasteiger partial charge in [-0.05, 0) is 18.2 Å². The molecule has 0 atom stereocenters. The van der Waals surface area contributed by atoms with Crippen LogP contribution in [-0.2, 0) is 4.79 Å². The highest BCUT2D eigenvalue weighted by atomic mass is 35.5. The number of nitrogens with zero attached hydrogens (tertiary/aromatic N) is 3. The van der Waals surface area contributed by atoms with E-state index in [0.29, 0.717) is 10.8 Å². The second kappa shape index (κ2) is 8.10. The monoisotopic (exact) mass is 377 g/mol. The Kier molecular flexibility index (Phi) is 5.89. The first-order chi connectivity index (χ1) is 11.9. The molecular formula is C15H9Cl2N5O3. The molecule has 1 aromatic heterocycles. The SMILES string of the molecule is N#C/C(=C/Nc1cc(Cl)ccn1)C(=O)Nc1cc([N+](=O)[O-])ccc1Cl. The van der Waals surface area contributed by atoms with Crippen LogP contribution in [0.4, 0.5) is 17.2 Å². The molecule has 126 valence electrons. The predicted octanol–water partition coefficient (Wildman–Crippen LogP) is 3.75. The highest BCUT2D eigenvalue weighted by Gasteiger charge is 2.15.